The molecule has 3 aromatic rings. The zero-order valence-electron chi connectivity index (χ0n) is 18.2. The van der Waals surface area contributed by atoms with Crippen LogP contribution in [-0.2, 0) is 12.4 Å². The van der Waals surface area contributed by atoms with Crippen molar-refractivity contribution in [1.82, 2.24) is 9.78 Å². The van der Waals surface area contributed by atoms with Crippen molar-refractivity contribution in [2.45, 2.75) is 31.6 Å². The zero-order chi connectivity index (χ0) is 25.4. The molecule has 1 amide bonds. The molecule has 0 unspecified atom stereocenters. The monoisotopic (exact) mass is 497 g/mol. The number of hydrogen-bond donors (Lipinski definition) is 2. The van der Waals surface area contributed by atoms with Gasteiger partial charge < -0.3 is 16.0 Å². The van der Waals surface area contributed by atoms with Crippen molar-refractivity contribution < 1.29 is 31.1 Å². The molecule has 0 radical (unpaired) electrons. The van der Waals surface area contributed by atoms with Crippen molar-refractivity contribution in [2.24, 2.45) is 0 Å². The van der Waals surface area contributed by atoms with E-state index in [1.165, 1.54) is 18.2 Å². The van der Waals surface area contributed by atoms with Crippen LogP contribution in [0.1, 0.15) is 40.9 Å². The average Bonchev–Trinajstić information content (AvgIpc) is 3.24. The number of piperidine rings is 1. The van der Waals surface area contributed by atoms with Crippen molar-refractivity contribution >= 4 is 23.0 Å². The number of nitrogens with one attached hydrogen (secondary N) is 1. The summed E-state index contributed by atoms with van der Waals surface area (Å²) < 4.78 is 80.7. The van der Waals surface area contributed by atoms with Gasteiger partial charge in [-0.2, -0.15) is 31.4 Å². The number of hydrogen-bond acceptors (Lipinski definition) is 4. The number of benzene rings is 2. The number of carbonyl (C=O) groups is 1. The van der Waals surface area contributed by atoms with Crippen LogP contribution in [-0.4, -0.2) is 28.8 Å². The van der Waals surface area contributed by atoms with Gasteiger partial charge in [0.2, 0.25) is 0 Å². The molecule has 186 valence electrons. The number of nitrogens with zero attached hydrogens (tertiary/aromatic N) is 3. The molecule has 35 heavy (non-hydrogen) atoms. The second-order valence-corrected chi connectivity index (χ2v) is 8.16. The Hall–Kier alpha value is -3.70. The van der Waals surface area contributed by atoms with Gasteiger partial charge in [-0.1, -0.05) is 6.07 Å². The molecule has 3 N–H and O–H groups in total. The molecule has 0 aliphatic carbocycles. The van der Waals surface area contributed by atoms with Crippen LogP contribution in [0, 0.1) is 0 Å². The predicted molar refractivity (Wildman–Crippen MR) is 118 cm³/mol. The van der Waals surface area contributed by atoms with Crippen LogP contribution >= 0.6 is 0 Å². The molecule has 12 heteroatoms. The lowest BCUT2D eigenvalue weighted by atomic mass is 10.1. The number of nitrogen functional groups attached to an aromatic ring is 1. The molecule has 0 saturated carbocycles. The molecule has 1 aliphatic heterocycles. The van der Waals surface area contributed by atoms with Gasteiger partial charge in [-0.25, -0.2) is 4.68 Å². The summed E-state index contributed by atoms with van der Waals surface area (Å²) in [4.78, 5) is 15.0. The first-order chi connectivity index (χ1) is 16.4. The van der Waals surface area contributed by atoms with Crippen LogP contribution in [0.5, 0.6) is 0 Å². The summed E-state index contributed by atoms with van der Waals surface area (Å²) in [5, 5.41) is 5.58. The highest BCUT2D eigenvalue weighted by atomic mass is 19.4. The minimum Gasteiger partial charge on any atom is -0.398 e. The molecule has 4 rings (SSSR count). The Morgan fingerprint density at radius 1 is 0.914 bits per heavy atom. The van der Waals surface area contributed by atoms with E-state index in [0.717, 1.165) is 56.4 Å². The molecule has 2 aromatic carbocycles. The fourth-order valence-corrected chi connectivity index (χ4v) is 3.91. The van der Waals surface area contributed by atoms with Crippen LogP contribution in [0.3, 0.4) is 0 Å². The van der Waals surface area contributed by atoms with Crippen molar-refractivity contribution in [2.75, 3.05) is 29.0 Å². The Bertz CT molecular complexity index is 1230. The van der Waals surface area contributed by atoms with Crippen LogP contribution in [0.15, 0.2) is 48.7 Å². The first-order valence-corrected chi connectivity index (χ1v) is 10.7. The predicted octanol–water partition coefficient (Wildman–Crippen LogP) is 5.73. The van der Waals surface area contributed by atoms with Crippen LogP contribution in [0.4, 0.5) is 43.4 Å². The third kappa shape index (κ3) is 5.36. The van der Waals surface area contributed by atoms with E-state index >= 15 is 0 Å². The Morgan fingerprint density at radius 3 is 2.29 bits per heavy atom. The standard InChI is InChI=1S/C23H21F6N5O/c24-22(25,26)14-5-4-6-16(11-14)34-13-19(20(32-34)23(27,28)29)31-21(35)17-12-15(7-8-18(17)30)33-9-2-1-3-10-33/h4-8,11-13H,1-3,9-10,30H2,(H,31,35). The average molecular weight is 497 g/mol. The van der Waals surface area contributed by atoms with Crippen LogP contribution < -0.4 is 16.0 Å². The largest absolute Gasteiger partial charge is 0.437 e. The van der Waals surface area contributed by atoms with Gasteiger partial charge in [-0.05, 0) is 55.7 Å². The van der Waals surface area contributed by atoms with E-state index in [9.17, 15) is 31.1 Å². The summed E-state index contributed by atoms with van der Waals surface area (Å²) in [5.41, 5.74) is 3.24. The first kappa shape index (κ1) is 24.4. The minimum atomic E-state index is -4.98. The molecule has 0 spiro atoms. The highest BCUT2D eigenvalue weighted by Gasteiger charge is 2.38. The van der Waals surface area contributed by atoms with E-state index < -0.39 is 35.2 Å². The number of anilines is 3. The van der Waals surface area contributed by atoms with Crippen molar-refractivity contribution in [3.05, 3.63) is 65.5 Å². The minimum absolute atomic E-state index is 0.0204. The topological polar surface area (TPSA) is 76.2 Å². The van der Waals surface area contributed by atoms with Gasteiger partial charge in [0.1, 0.15) is 0 Å². The molecule has 2 heterocycles. The molecule has 6 nitrogen and oxygen atoms in total. The summed E-state index contributed by atoms with van der Waals surface area (Å²) in [6, 6.07) is 8.45. The maximum absolute atomic E-state index is 13.6. The summed E-state index contributed by atoms with van der Waals surface area (Å²) in [6.07, 6.45) is -5.79. The normalized spacial score (nSPS) is 14.7. The van der Waals surface area contributed by atoms with Gasteiger partial charge in [0.25, 0.3) is 5.91 Å². The van der Waals surface area contributed by atoms with E-state index in [4.69, 9.17) is 5.73 Å². The van der Waals surface area contributed by atoms with E-state index in [1.807, 2.05) is 0 Å². The quantitative estimate of drug-likeness (QED) is 0.356. The maximum atomic E-state index is 13.6. The highest BCUT2D eigenvalue weighted by molar-refractivity contribution is 6.08. The number of aromatic nitrogens is 2. The van der Waals surface area contributed by atoms with Gasteiger partial charge in [-0.15, -0.1) is 0 Å². The SMILES string of the molecule is Nc1ccc(N2CCCCC2)cc1C(=O)Nc1cn(-c2cccc(C(F)(F)F)c2)nc1C(F)(F)F. The van der Waals surface area contributed by atoms with E-state index in [-0.39, 0.29) is 16.9 Å². The molecule has 1 aliphatic rings. The highest BCUT2D eigenvalue weighted by Crippen LogP contribution is 2.36. The second-order valence-electron chi connectivity index (χ2n) is 8.16. The number of amides is 1. The third-order valence-corrected chi connectivity index (χ3v) is 5.67. The van der Waals surface area contributed by atoms with Gasteiger partial charge in [0.15, 0.2) is 5.69 Å². The lowest BCUT2D eigenvalue weighted by Crippen LogP contribution is -2.29. The smallest absolute Gasteiger partial charge is 0.398 e. The zero-order valence-corrected chi connectivity index (χ0v) is 18.2. The Labute approximate surface area is 196 Å². The number of nitrogens with two attached hydrogens (primary N) is 1. The Kier molecular flexibility index (Phi) is 6.39. The summed E-state index contributed by atoms with van der Waals surface area (Å²) in [6.45, 7) is 1.57. The van der Waals surface area contributed by atoms with Gasteiger partial charge in [0.05, 0.1) is 28.7 Å². The van der Waals surface area contributed by atoms with E-state index in [2.05, 4.69) is 15.3 Å². The fourth-order valence-electron chi connectivity index (χ4n) is 3.91. The summed E-state index contributed by atoms with van der Waals surface area (Å²) in [5.74, 6) is -0.893. The number of carbonyl (C=O) groups excluding carboxylic acids is 1. The Balaban J connectivity index is 1.67. The molecule has 1 aromatic heterocycles. The van der Waals surface area contributed by atoms with Crippen LogP contribution in [0.2, 0.25) is 0 Å². The second kappa shape index (κ2) is 9.16. The van der Waals surface area contributed by atoms with Crippen molar-refractivity contribution in [1.29, 1.82) is 0 Å². The number of alkyl halides is 6. The Morgan fingerprint density at radius 2 is 1.63 bits per heavy atom. The lowest BCUT2D eigenvalue weighted by Gasteiger charge is -2.29. The molecule has 0 bridgehead atoms. The van der Waals surface area contributed by atoms with E-state index in [0.29, 0.717) is 10.7 Å². The van der Waals surface area contributed by atoms with Crippen LogP contribution in [0.25, 0.3) is 5.69 Å². The molecular weight excluding hydrogens is 476 g/mol. The molecule has 0 atom stereocenters. The van der Waals surface area contributed by atoms with E-state index in [1.54, 1.807) is 6.07 Å². The third-order valence-electron chi connectivity index (χ3n) is 5.67. The lowest BCUT2D eigenvalue weighted by molar-refractivity contribution is -0.141. The summed E-state index contributed by atoms with van der Waals surface area (Å²) in [7, 11) is 0. The van der Waals surface area contributed by atoms with Crippen molar-refractivity contribution in [3.63, 3.8) is 0 Å². The molecule has 1 saturated heterocycles. The van der Waals surface area contributed by atoms with Gasteiger partial charge in [-0.3, -0.25) is 4.79 Å². The first-order valence-electron chi connectivity index (χ1n) is 10.7. The molecule has 1 fully saturated rings. The van der Waals surface area contributed by atoms with Crippen molar-refractivity contribution in [3.8, 4) is 5.69 Å². The molecular formula is C23H21F6N5O. The number of rotatable bonds is 4. The van der Waals surface area contributed by atoms with Gasteiger partial charge in [0, 0.05) is 24.5 Å². The fraction of sp³-hybridized carbons (Fsp3) is 0.304. The number of halogens is 6. The maximum Gasteiger partial charge on any atom is 0.437 e. The summed E-state index contributed by atoms with van der Waals surface area (Å²) >= 11 is 0. The van der Waals surface area contributed by atoms with Gasteiger partial charge >= 0.3 is 12.4 Å².